The third kappa shape index (κ3) is 4.09. The summed E-state index contributed by atoms with van der Waals surface area (Å²) in [5.41, 5.74) is 0.994. The maximum absolute atomic E-state index is 12.6. The molecule has 1 fully saturated rings. The lowest BCUT2D eigenvalue weighted by Crippen LogP contribution is -2.48. The van der Waals surface area contributed by atoms with E-state index in [1.165, 1.54) is 0 Å². The molecule has 2 atom stereocenters. The fourth-order valence-electron chi connectivity index (χ4n) is 2.27. The van der Waals surface area contributed by atoms with Crippen LogP contribution < -0.4 is 4.72 Å². The summed E-state index contributed by atoms with van der Waals surface area (Å²) >= 11 is 0. The Morgan fingerprint density at radius 2 is 1.59 bits per heavy atom. The Bertz CT molecular complexity index is 572. The predicted octanol–water partition coefficient (Wildman–Crippen LogP) is 2.06. The molecular weight excluding hydrogens is 298 g/mol. The number of sulfonamides is 1. The smallest absolute Gasteiger partial charge is 0.240 e. The number of rotatable bonds is 6. The van der Waals surface area contributed by atoms with Gasteiger partial charge in [0.25, 0.3) is 0 Å². The highest BCUT2D eigenvalue weighted by Crippen LogP contribution is 2.30. The Balaban J connectivity index is 2.23. The van der Waals surface area contributed by atoms with Crippen LogP contribution in [0.5, 0.6) is 0 Å². The van der Waals surface area contributed by atoms with Gasteiger partial charge in [-0.1, -0.05) is 31.5 Å². The van der Waals surface area contributed by atoms with E-state index in [0.717, 1.165) is 11.5 Å². The molecule has 5 heteroatoms. The molecule has 0 aliphatic heterocycles. The van der Waals surface area contributed by atoms with Gasteiger partial charge in [-0.2, -0.15) is 0 Å². The van der Waals surface area contributed by atoms with Gasteiger partial charge in [-0.15, -0.1) is 0 Å². The van der Waals surface area contributed by atoms with E-state index in [-0.39, 0.29) is 10.8 Å². The average molecular weight is 320 g/mol. The number of aryl methyl sites for hydroxylation is 1. The highest BCUT2D eigenvalue weighted by molar-refractivity contribution is 7.89. The fraction of sp³-hybridized carbons (Fsp3) is 0.353. The van der Waals surface area contributed by atoms with Gasteiger partial charge in [-0.3, -0.25) is 0 Å². The van der Waals surface area contributed by atoms with Crippen LogP contribution >= 0.6 is 0 Å². The lowest BCUT2D eigenvalue weighted by Gasteiger charge is -2.30. The first-order valence-electron chi connectivity index (χ1n) is 7.30. The summed E-state index contributed by atoms with van der Waals surface area (Å²) < 4.78 is 27.7. The molecule has 5 radical (unpaired) electrons. The zero-order valence-corrected chi connectivity index (χ0v) is 13.8. The largest absolute Gasteiger partial charge is 0.391 e. The first-order chi connectivity index (χ1) is 10.3. The van der Waals surface area contributed by atoms with Gasteiger partial charge >= 0.3 is 0 Å². The fourth-order valence-corrected chi connectivity index (χ4v) is 3.51. The molecule has 0 bridgehead atoms. The van der Waals surface area contributed by atoms with Crippen molar-refractivity contribution >= 4 is 10.0 Å². The molecule has 22 heavy (non-hydrogen) atoms. The Kier molecular flexibility index (Phi) is 5.64. The monoisotopic (exact) mass is 320 g/mol. The van der Waals surface area contributed by atoms with Crippen LogP contribution in [0, 0.1) is 44.4 Å². The van der Waals surface area contributed by atoms with Crippen molar-refractivity contribution in [2.75, 3.05) is 0 Å². The lowest BCUT2D eigenvalue weighted by atomic mass is 9.89. The maximum atomic E-state index is 12.6. The first kappa shape index (κ1) is 17.4. The van der Waals surface area contributed by atoms with Gasteiger partial charge in [0.1, 0.15) is 0 Å². The molecular formula is C17H22NO3S. The Morgan fingerprint density at radius 1 is 1.05 bits per heavy atom. The van der Waals surface area contributed by atoms with Crippen molar-refractivity contribution in [1.29, 1.82) is 0 Å². The molecule has 0 aromatic heterocycles. The number of aliphatic hydroxyl groups excluding tert-OH is 1. The summed E-state index contributed by atoms with van der Waals surface area (Å²) in [4.78, 5) is 0.200. The second kappa shape index (κ2) is 7.11. The molecule has 1 aliphatic rings. The standard InChI is InChI=1S/C17H22NO3S/c1-12(2)17(19)16(14-6-4-5-7-14)18-22(20,21)15-10-8-13(3)9-11-15/h4-12,16-19H,1-3H3. The van der Waals surface area contributed by atoms with Crippen LogP contribution in [0.15, 0.2) is 29.2 Å². The molecule has 0 spiro atoms. The minimum atomic E-state index is -3.69. The molecule has 1 saturated carbocycles. The second-order valence-electron chi connectivity index (χ2n) is 5.86. The van der Waals surface area contributed by atoms with Crippen LogP contribution in [0.4, 0.5) is 0 Å². The van der Waals surface area contributed by atoms with E-state index in [1.54, 1.807) is 24.3 Å². The van der Waals surface area contributed by atoms with E-state index < -0.39 is 22.2 Å². The van der Waals surface area contributed by atoms with Crippen LogP contribution in [0.2, 0.25) is 0 Å². The summed E-state index contributed by atoms with van der Waals surface area (Å²) in [6.07, 6.45) is 6.48. The number of hydrogen-bond donors (Lipinski definition) is 2. The van der Waals surface area contributed by atoms with Gasteiger partial charge in [0, 0.05) is 5.92 Å². The molecule has 4 nitrogen and oxygen atoms in total. The third-order valence-corrected chi connectivity index (χ3v) is 5.14. The van der Waals surface area contributed by atoms with Crippen molar-refractivity contribution in [2.24, 2.45) is 5.92 Å². The summed E-state index contributed by atoms with van der Waals surface area (Å²) in [5, 5.41) is 10.4. The average Bonchev–Trinajstić information content (AvgIpc) is 2.98. The number of benzene rings is 1. The van der Waals surface area contributed by atoms with Gasteiger partial charge in [0.2, 0.25) is 10.0 Å². The van der Waals surface area contributed by atoms with Crippen molar-refractivity contribution in [1.82, 2.24) is 4.72 Å². The molecule has 0 amide bonds. The second-order valence-corrected chi connectivity index (χ2v) is 7.58. The molecule has 2 N–H and O–H groups in total. The number of aliphatic hydroxyl groups is 1. The molecule has 1 aliphatic carbocycles. The SMILES string of the molecule is Cc1ccc(S(=O)(=O)NC([C]2[CH][CH][CH][CH]2)C(O)C(C)C)cc1. The lowest BCUT2D eigenvalue weighted by molar-refractivity contribution is 0.0989. The molecule has 0 saturated heterocycles. The van der Waals surface area contributed by atoms with Crippen molar-refractivity contribution in [3.8, 4) is 0 Å². The van der Waals surface area contributed by atoms with E-state index in [0.29, 0.717) is 0 Å². The van der Waals surface area contributed by atoms with Crippen molar-refractivity contribution in [3.63, 3.8) is 0 Å². The van der Waals surface area contributed by atoms with Crippen molar-refractivity contribution < 1.29 is 13.5 Å². The molecule has 1 aromatic carbocycles. The minimum Gasteiger partial charge on any atom is -0.391 e. The normalized spacial score (nSPS) is 19.5. The van der Waals surface area contributed by atoms with E-state index in [2.05, 4.69) is 4.72 Å². The van der Waals surface area contributed by atoms with Gasteiger partial charge in [0.05, 0.1) is 17.0 Å². The maximum Gasteiger partial charge on any atom is 0.240 e. The summed E-state index contributed by atoms with van der Waals surface area (Å²) in [6.45, 7) is 5.63. The van der Waals surface area contributed by atoms with Gasteiger partial charge < -0.3 is 5.11 Å². The summed E-state index contributed by atoms with van der Waals surface area (Å²) in [7, 11) is -3.69. The van der Waals surface area contributed by atoms with E-state index in [9.17, 15) is 13.5 Å². The highest BCUT2D eigenvalue weighted by atomic mass is 32.2. The van der Waals surface area contributed by atoms with Crippen LogP contribution in [0.3, 0.4) is 0 Å². The van der Waals surface area contributed by atoms with Gasteiger partial charge in [-0.25, -0.2) is 13.1 Å². The van der Waals surface area contributed by atoms with Gasteiger partial charge in [-0.05, 0) is 50.7 Å². The van der Waals surface area contributed by atoms with E-state index in [4.69, 9.17) is 0 Å². The van der Waals surface area contributed by atoms with E-state index >= 15 is 0 Å². The molecule has 2 unspecified atom stereocenters. The Labute approximate surface area is 134 Å². The Hall–Kier alpha value is -0.910. The van der Waals surface area contributed by atoms with Crippen molar-refractivity contribution in [3.05, 3.63) is 61.4 Å². The molecule has 119 valence electrons. The van der Waals surface area contributed by atoms with Crippen LogP contribution in [0.25, 0.3) is 0 Å². The van der Waals surface area contributed by atoms with Gasteiger partial charge in [0.15, 0.2) is 0 Å². The quantitative estimate of drug-likeness (QED) is 0.843. The van der Waals surface area contributed by atoms with E-state index in [1.807, 2.05) is 46.5 Å². The summed E-state index contributed by atoms with van der Waals surface area (Å²) in [5.74, 6) is 0.692. The topological polar surface area (TPSA) is 66.4 Å². The third-order valence-electron chi connectivity index (χ3n) is 3.69. The molecule has 0 heterocycles. The van der Waals surface area contributed by atoms with Crippen LogP contribution in [0.1, 0.15) is 19.4 Å². The zero-order chi connectivity index (χ0) is 16.3. The minimum absolute atomic E-state index is 0.0689. The zero-order valence-electron chi connectivity index (χ0n) is 13.0. The Morgan fingerprint density at radius 3 is 2.09 bits per heavy atom. The van der Waals surface area contributed by atoms with Crippen LogP contribution in [-0.4, -0.2) is 25.7 Å². The number of nitrogens with one attached hydrogen (secondary N) is 1. The van der Waals surface area contributed by atoms with Crippen molar-refractivity contribution in [2.45, 2.75) is 37.8 Å². The predicted molar refractivity (Wildman–Crippen MR) is 86.6 cm³/mol. The van der Waals surface area contributed by atoms with Crippen LogP contribution in [-0.2, 0) is 10.0 Å². The number of hydrogen-bond acceptors (Lipinski definition) is 3. The first-order valence-corrected chi connectivity index (χ1v) is 8.78. The molecule has 1 aromatic rings. The highest BCUT2D eigenvalue weighted by Gasteiger charge is 2.36. The summed E-state index contributed by atoms with van der Waals surface area (Å²) in [6, 6.07) is 5.99. The molecule has 2 rings (SSSR count).